The number of likely N-dealkylation sites (tertiary alicyclic amines) is 2. The van der Waals surface area contributed by atoms with E-state index < -0.39 is 0 Å². The van der Waals surface area contributed by atoms with E-state index in [1.807, 2.05) is 48.8 Å². The number of nitrogens with zero attached hydrogens (tertiary/aromatic N) is 2. The lowest BCUT2D eigenvalue weighted by Gasteiger charge is -2.40. The molecule has 0 bridgehead atoms. The van der Waals surface area contributed by atoms with E-state index in [9.17, 15) is 9.59 Å². The third-order valence-corrected chi connectivity index (χ3v) is 6.19. The summed E-state index contributed by atoms with van der Waals surface area (Å²) in [6, 6.07) is 5.88. The Morgan fingerprint density at radius 2 is 1.86 bits per heavy atom. The molecule has 28 heavy (non-hydrogen) atoms. The maximum atomic E-state index is 12.9. The fourth-order valence-corrected chi connectivity index (χ4v) is 4.56. The number of hydrogen-bond donors (Lipinski definition) is 0. The minimum absolute atomic E-state index is 0.221. The first-order chi connectivity index (χ1) is 13.3. The molecule has 152 valence electrons. The van der Waals surface area contributed by atoms with Gasteiger partial charge in [-0.1, -0.05) is 26.8 Å². The summed E-state index contributed by atoms with van der Waals surface area (Å²) in [5, 5.41) is 0. The molecule has 0 saturated carbocycles. The van der Waals surface area contributed by atoms with Crippen LogP contribution in [-0.4, -0.2) is 48.0 Å². The fourth-order valence-electron chi connectivity index (χ4n) is 4.56. The lowest BCUT2D eigenvalue weighted by molar-refractivity contribution is -0.142. The Morgan fingerprint density at radius 1 is 1.11 bits per heavy atom. The molecule has 1 aromatic carbocycles. The molecule has 3 aliphatic heterocycles. The van der Waals surface area contributed by atoms with Gasteiger partial charge < -0.3 is 19.3 Å². The van der Waals surface area contributed by atoms with Crippen LogP contribution in [-0.2, 0) is 16.1 Å². The molecular weight excluding hydrogens is 356 g/mol. The first kappa shape index (κ1) is 19.1. The normalized spacial score (nSPS) is 24.8. The van der Waals surface area contributed by atoms with Crippen LogP contribution in [0.5, 0.6) is 11.5 Å². The van der Waals surface area contributed by atoms with E-state index >= 15 is 0 Å². The molecule has 0 aliphatic carbocycles. The monoisotopic (exact) mass is 386 g/mol. The van der Waals surface area contributed by atoms with E-state index in [0.29, 0.717) is 24.8 Å². The molecule has 0 spiro atoms. The van der Waals surface area contributed by atoms with Crippen molar-refractivity contribution in [3.8, 4) is 11.5 Å². The van der Waals surface area contributed by atoms with Gasteiger partial charge in [0.2, 0.25) is 18.6 Å². The van der Waals surface area contributed by atoms with Crippen LogP contribution in [0.3, 0.4) is 0 Å². The highest BCUT2D eigenvalue weighted by atomic mass is 16.7. The van der Waals surface area contributed by atoms with Crippen LogP contribution in [0.15, 0.2) is 18.2 Å². The maximum Gasteiger partial charge on any atom is 0.231 e. The van der Waals surface area contributed by atoms with Crippen molar-refractivity contribution in [2.75, 3.05) is 26.4 Å². The molecule has 0 unspecified atom stereocenters. The summed E-state index contributed by atoms with van der Waals surface area (Å²) in [5.41, 5.74) is 0.714. The smallest absolute Gasteiger partial charge is 0.231 e. The van der Waals surface area contributed by atoms with Gasteiger partial charge in [-0.3, -0.25) is 9.59 Å². The second kappa shape index (κ2) is 7.30. The highest BCUT2D eigenvalue weighted by molar-refractivity contribution is 5.81. The number of fused-ring (bicyclic) bond motifs is 2. The van der Waals surface area contributed by atoms with Gasteiger partial charge in [0.1, 0.15) is 0 Å². The fraction of sp³-hybridized carbons (Fsp3) is 0.636. The number of benzene rings is 1. The number of piperidine rings is 1. The first-order valence-electron chi connectivity index (χ1n) is 10.3. The summed E-state index contributed by atoms with van der Waals surface area (Å²) in [7, 11) is 0. The molecule has 0 aromatic heterocycles. The SMILES string of the molecule is CC(C)(C)C(=O)N1CC[C@H]2CC(=O)N(Cc3ccc4c(c3)OCO4)CC[C@H]2C1. The Labute approximate surface area is 166 Å². The number of carbonyl (C=O) groups is 2. The molecule has 4 rings (SSSR count). The zero-order valence-corrected chi connectivity index (χ0v) is 17.1. The summed E-state index contributed by atoms with van der Waals surface area (Å²) in [6.45, 7) is 9.08. The van der Waals surface area contributed by atoms with Crippen LogP contribution < -0.4 is 9.47 Å². The molecule has 0 N–H and O–H groups in total. The van der Waals surface area contributed by atoms with E-state index in [4.69, 9.17) is 9.47 Å². The third-order valence-electron chi connectivity index (χ3n) is 6.19. The van der Waals surface area contributed by atoms with E-state index in [-0.39, 0.29) is 24.0 Å². The van der Waals surface area contributed by atoms with Gasteiger partial charge in [0.25, 0.3) is 0 Å². The number of rotatable bonds is 2. The maximum absolute atomic E-state index is 12.9. The topological polar surface area (TPSA) is 59.1 Å². The van der Waals surface area contributed by atoms with E-state index in [1.54, 1.807) is 0 Å². The summed E-state index contributed by atoms with van der Waals surface area (Å²) in [5.74, 6) is 2.76. The van der Waals surface area contributed by atoms with Gasteiger partial charge in [0, 0.05) is 38.0 Å². The number of ether oxygens (including phenoxy) is 2. The zero-order valence-electron chi connectivity index (χ0n) is 17.1. The Kier molecular flexibility index (Phi) is 4.98. The second-order valence-electron chi connectivity index (χ2n) is 9.31. The minimum atomic E-state index is -0.348. The van der Waals surface area contributed by atoms with Gasteiger partial charge in [0.15, 0.2) is 11.5 Å². The van der Waals surface area contributed by atoms with Crippen molar-refractivity contribution in [2.45, 2.75) is 46.6 Å². The van der Waals surface area contributed by atoms with Gasteiger partial charge >= 0.3 is 0 Å². The summed E-state index contributed by atoms with van der Waals surface area (Å²) >= 11 is 0. The molecule has 2 saturated heterocycles. The Balaban J connectivity index is 1.41. The molecule has 3 aliphatic rings. The van der Waals surface area contributed by atoms with Crippen molar-refractivity contribution in [1.29, 1.82) is 0 Å². The predicted molar refractivity (Wildman–Crippen MR) is 105 cm³/mol. The summed E-state index contributed by atoms with van der Waals surface area (Å²) < 4.78 is 10.8. The highest BCUT2D eigenvalue weighted by Crippen LogP contribution is 2.36. The Morgan fingerprint density at radius 3 is 2.64 bits per heavy atom. The quantitative estimate of drug-likeness (QED) is 0.784. The van der Waals surface area contributed by atoms with Crippen LogP contribution >= 0.6 is 0 Å². The van der Waals surface area contributed by atoms with Crippen LogP contribution in [0.1, 0.15) is 45.6 Å². The largest absolute Gasteiger partial charge is 0.454 e. The second-order valence-corrected chi connectivity index (χ2v) is 9.31. The van der Waals surface area contributed by atoms with Crippen LogP contribution in [0.25, 0.3) is 0 Å². The van der Waals surface area contributed by atoms with Crippen molar-refractivity contribution in [3.63, 3.8) is 0 Å². The van der Waals surface area contributed by atoms with Gasteiger partial charge in [-0.2, -0.15) is 0 Å². The average molecular weight is 386 g/mol. The van der Waals surface area contributed by atoms with E-state index in [2.05, 4.69) is 0 Å². The van der Waals surface area contributed by atoms with Crippen molar-refractivity contribution in [1.82, 2.24) is 9.80 Å². The number of amides is 2. The molecular formula is C22H30N2O4. The van der Waals surface area contributed by atoms with E-state index in [1.165, 1.54) is 0 Å². The van der Waals surface area contributed by atoms with Crippen LogP contribution in [0.4, 0.5) is 0 Å². The van der Waals surface area contributed by atoms with Gasteiger partial charge in [-0.15, -0.1) is 0 Å². The Bertz CT molecular complexity index is 770. The summed E-state index contributed by atoms with van der Waals surface area (Å²) in [6.07, 6.45) is 2.47. The number of carbonyl (C=O) groups excluding carboxylic acids is 2. The molecule has 2 atom stereocenters. The standard InChI is InChI=1S/C22H30N2O4/c1-22(2,3)21(26)24-9-6-16-11-20(25)23(8-7-17(16)13-24)12-15-4-5-18-19(10-15)28-14-27-18/h4-5,10,16-17H,6-9,11-14H2,1-3H3/t16-,17-/m0/s1. The molecule has 1 aromatic rings. The number of hydrogen-bond acceptors (Lipinski definition) is 4. The van der Waals surface area contributed by atoms with Crippen molar-refractivity contribution < 1.29 is 19.1 Å². The van der Waals surface area contributed by atoms with Crippen LogP contribution in [0, 0.1) is 17.3 Å². The molecule has 6 heteroatoms. The van der Waals surface area contributed by atoms with E-state index in [0.717, 1.165) is 49.5 Å². The Hall–Kier alpha value is -2.24. The highest BCUT2D eigenvalue weighted by Gasteiger charge is 2.38. The van der Waals surface area contributed by atoms with Crippen molar-refractivity contribution in [2.24, 2.45) is 17.3 Å². The van der Waals surface area contributed by atoms with Gasteiger partial charge in [-0.25, -0.2) is 0 Å². The third kappa shape index (κ3) is 3.82. The predicted octanol–water partition coefficient (Wildman–Crippen LogP) is 3.05. The molecule has 2 amide bonds. The zero-order chi connectivity index (χ0) is 19.9. The minimum Gasteiger partial charge on any atom is -0.454 e. The lowest BCUT2D eigenvalue weighted by Crippen LogP contribution is -2.47. The average Bonchev–Trinajstić information content (AvgIpc) is 3.06. The van der Waals surface area contributed by atoms with Crippen molar-refractivity contribution in [3.05, 3.63) is 23.8 Å². The first-order valence-corrected chi connectivity index (χ1v) is 10.3. The molecule has 0 radical (unpaired) electrons. The van der Waals surface area contributed by atoms with Crippen LogP contribution in [0.2, 0.25) is 0 Å². The molecule has 3 heterocycles. The molecule has 2 fully saturated rings. The van der Waals surface area contributed by atoms with Crippen molar-refractivity contribution >= 4 is 11.8 Å². The lowest BCUT2D eigenvalue weighted by atomic mass is 9.81. The summed E-state index contributed by atoms with van der Waals surface area (Å²) in [4.78, 5) is 29.5. The molecule has 6 nitrogen and oxygen atoms in total. The van der Waals surface area contributed by atoms with Gasteiger partial charge in [0.05, 0.1) is 0 Å². The van der Waals surface area contributed by atoms with Gasteiger partial charge in [-0.05, 0) is 42.4 Å².